The van der Waals surface area contributed by atoms with Gasteiger partial charge in [-0.1, -0.05) is 26.0 Å². The van der Waals surface area contributed by atoms with Crippen LogP contribution in [0.15, 0.2) is 48.1 Å². The van der Waals surface area contributed by atoms with Gasteiger partial charge in [0.05, 0.1) is 5.56 Å². The van der Waals surface area contributed by atoms with Crippen LogP contribution in [0.25, 0.3) is 0 Å². The van der Waals surface area contributed by atoms with Crippen LogP contribution in [0, 0.1) is 34.4 Å². The molecule has 33 heavy (non-hydrogen) atoms. The normalized spacial score (nSPS) is 39.2. The van der Waals surface area contributed by atoms with E-state index in [4.69, 9.17) is 4.74 Å². The number of hydrogen-bond acceptors (Lipinski definition) is 4. The summed E-state index contributed by atoms with van der Waals surface area (Å²) in [6.07, 6.45) is 10.7. The Morgan fingerprint density at radius 2 is 1.73 bits per heavy atom. The number of ketones is 2. The summed E-state index contributed by atoms with van der Waals surface area (Å²) < 4.78 is 19.4. The summed E-state index contributed by atoms with van der Waals surface area (Å²) in [6, 6.07) is 5.27. The molecule has 4 nitrogen and oxygen atoms in total. The van der Waals surface area contributed by atoms with Crippen LogP contribution < -0.4 is 0 Å². The van der Waals surface area contributed by atoms with E-state index in [1.807, 2.05) is 6.08 Å². The topological polar surface area (TPSA) is 60.4 Å². The lowest BCUT2D eigenvalue weighted by Crippen LogP contribution is -2.58. The van der Waals surface area contributed by atoms with Gasteiger partial charge in [0.2, 0.25) is 0 Å². The lowest BCUT2D eigenvalue weighted by atomic mass is 9.48. The van der Waals surface area contributed by atoms with Gasteiger partial charge in [0.25, 0.3) is 0 Å². The van der Waals surface area contributed by atoms with Crippen molar-refractivity contribution in [2.75, 3.05) is 0 Å². The van der Waals surface area contributed by atoms with Gasteiger partial charge in [0, 0.05) is 11.8 Å². The molecule has 0 aliphatic heterocycles. The summed E-state index contributed by atoms with van der Waals surface area (Å²) >= 11 is 0. The lowest BCUT2D eigenvalue weighted by molar-refractivity contribution is -0.158. The fraction of sp³-hybridized carbons (Fsp3) is 0.536. The van der Waals surface area contributed by atoms with Crippen molar-refractivity contribution in [3.8, 4) is 0 Å². The van der Waals surface area contributed by atoms with Gasteiger partial charge in [-0.3, -0.25) is 9.59 Å². The highest BCUT2D eigenvalue weighted by atomic mass is 19.1. The number of rotatable bonds is 3. The minimum atomic E-state index is -1.18. The van der Waals surface area contributed by atoms with Crippen molar-refractivity contribution in [1.29, 1.82) is 0 Å². The van der Waals surface area contributed by atoms with Crippen LogP contribution in [0.4, 0.5) is 4.39 Å². The molecular weight excluding hydrogens is 419 g/mol. The molecule has 0 N–H and O–H groups in total. The van der Waals surface area contributed by atoms with Crippen molar-refractivity contribution in [2.24, 2.45) is 28.6 Å². The minimum Gasteiger partial charge on any atom is -0.447 e. The highest BCUT2D eigenvalue weighted by molar-refractivity contribution is 5.95. The van der Waals surface area contributed by atoms with Gasteiger partial charge >= 0.3 is 5.97 Å². The molecular formula is C28H31FO4. The predicted molar refractivity (Wildman–Crippen MR) is 122 cm³/mol. The van der Waals surface area contributed by atoms with Crippen LogP contribution in [0.1, 0.15) is 69.7 Å². The molecule has 0 saturated heterocycles. The first-order valence-corrected chi connectivity index (χ1v) is 12.0. The van der Waals surface area contributed by atoms with Crippen molar-refractivity contribution in [1.82, 2.24) is 0 Å². The van der Waals surface area contributed by atoms with E-state index in [1.54, 1.807) is 0 Å². The second kappa shape index (κ2) is 7.48. The zero-order valence-corrected chi connectivity index (χ0v) is 19.5. The Morgan fingerprint density at radius 1 is 1.03 bits per heavy atom. The summed E-state index contributed by atoms with van der Waals surface area (Å²) in [5.41, 5.74) is -0.281. The number of carbonyl (C=O) groups is 3. The first kappa shape index (κ1) is 22.2. The molecule has 6 atom stereocenters. The smallest absolute Gasteiger partial charge is 0.339 e. The summed E-state index contributed by atoms with van der Waals surface area (Å²) in [5.74, 6) is 0.00576. The monoisotopic (exact) mass is 450 g/mol. The van der Waals surface area contributed by atoms with E-state index in [1.165, 1.54) is 31.2 Å². The maximum atomic E-state index is 13.3. The van der Waals surface area contributed by atoms with E-state index in [0.717, 1.165) is 31.3 Å². The number of ether oxygens (including phenoxy) is 1. The molecule has 0 amide bonds. The molecule has 5 rings (SSSR count). The van der Waals surface area contributed by atoms with Crippen LogP contribution in [-0.2, 0) is 14.3 Å². The van der Waals surface area contributed by atoms with Gasteiger partial charge < -0.3 is 4.74 Å². The molecule has 174 valence electrons. The Balaban J connectivity index is 1.49. The fourth-order valence-corrected chi connectivity index (χ4v) is 7.62. The number of carbonyl (C=O) groups excluding carboxylic acids is 3. The third-order valence-electron chi connectivity index (χ3n) is 9.55. The third kappa shape index (κ3) is 3.11. The Labute approximate surface area is 194 Å². The number of esters is 1. The van der Waals surface area contributed by atoms with E-state index in [-0.39, 0.29) is 34.4 Å². The molecule has 4 aliphatic rings. The first-order valence-electron chi connectivity index (χ1n) is 12.0. The number of allylic oxidation sites excluding steroid dienone is 4. The number of halogens is 1. The van der Waals surface area contributed by atoms with Crippen molar-refractivity contribution in [2.45, 2.75) is 64.9 Å². The van der Waals surface area contributed by atoms with Crippen LogP contribution in [0.5, 0.6) is 0 Å². The van der Waals surface area contributed by atoms with Crippen LogP contribution >= 0.6 is 0 Å². The maximum absolute atomic E-state index is 13.3. The van der Waals surface area contributed by atoms with E-state index < -0.39 is 22.8 Å². The SMILES string of the molecule is CC(=O)[C@@]1(OC(=O)c2ccc(F)cc2)CC[C@H]2[C@@H]3C=CC4=CC(=O)CC[C@]4(C)[C@H]3CC[C@@]21C. The molecule has 0 aromatic heterocycles. The summed E-state index contributed by atoms with van der Waals surface area (Å²) in [7, 11) is 0. The molecule has 0 unspecified atom stereocenters. The molecule has 1 aromatic carbocycles. The van der Waals surface area contributed by atoms with E-state index >= 15 is 0 Å². The molecule has 0 bridgehead atoms. The highest BCUT2D eigenvalue weighted by Crippen LogP contribution is 2.67. The van der Waals surface area contributed by atoms with Gasteiger partial charge in [-0.2, -0.15) is 0 Å². The Hall–Kier alpha value is -2.56. The van der Waals surface area contributed by atoms with Crippen molar-refractivity contribution < 1.29 is 23.5 Å². The minimum absolute atomic E-state index is 0.0269. The number of fused-ring (bicyclic) bond motifs is 5. The largest absolute Gasteiger partial charge is 0.447 e. The highest BCUT2D eigenvalue weighted by Gasteiger charge is 2.67. The van der Waals surface area contributed by atoms with Gasteiger partial charge in [-0.05, 0) is 98.1 Å². The Bertz CT molecular complexity index is 1090. The molecule has 4 aliphatic carbocycles. The zero-order valence-electron chi connectivity index (χ0n) is 19.5. The van der Waals surface area contributed by atoms with Crippen molar-refractivity contribution in [3.63, 3.8) is 0 Å². The van der Waals surface area contributed by atoms with E-state index in [0.29, 0.717) is 18.8 Å². The quantitative estimate of drug-likeness (QED) is 0.561. The average molecular weight is 451 g/mol. The lowest BCUT2D eigenvalue weighted by Gasteiger charge is -2.57. The van der Waals surface area contributed by atoms with E-state index in [2.05, 4.69) is 26.0 Å². The second-order valence-electron chi connectivity index (χ2n) is 10.9. The van der Waals surface area contributed by atoms with Gasteiger partial charge in [0.1, 0.15) is 5.82 Å². The Morgan fingerprint density at radius 3 is 2.42 bits per heavy atom. The molecule has 2 saturated carbocycles. The summed E-state index contributed by atoms with van der Waals surface area (Å²) in [5, 5.41) is 0. The van der Waals surface area contributed by atoms with Gasteiger partial charge in [-0.25, -0.2) is 9.18 Å². The van der Waals surface area contributed by atoms with Crippen LogP contribution in [0.3, 0.4) is 0 Å². The van der Waals surface area contributed by atoms with Crippen LogP contribution in [-0.4, -0.2) is 23.1 Å². The third-order valence-corrected chi connectivity index (χ3v) is 9.55. The van der Waals surface area contributed by atoms with Crippen molar-refractivity contribution >= 4 is 17.5 Å². The molecule has 1 aromatic rings. The molecule has 0 spiro atoms. The average Bonchev–Trinajstić information content (AvgIpc) is 3.08. The number of benzene rings is 1. The zero-order chi connectivity index (χ0) is 23.6. The summed E-state index contributed by atoms with van der Waals surface area (Å²) in [4.78, 5) is 38.2. The Kier molecular flexibility index (Phi) is 5.04. The second-order valence-corrected chi connectivity index (χ2v) is 10.9. The predicted octanol–water partition coefficient (Wildman–Crippen LogP) is 5.62. The van der Waals surface area contributed by atoms with Crippen molar-refractivity contribution in [3.05, 3.63) is 59.4 Å². The molecule has 0 radical (unpaired) electrons. The molecule has 5 heteroatoms. The number of hydrogen-bond donors (Lipinski definition) is 0. The fourth-order valence-electron chi connectivity index (χ4n) is 7.62. The molecule has 0 heterocycles. The van der Waals surface area contributed by atoms with Gasteiger partial charge in [0.15, 0.2) is 17.2 Å². The standard InChI is InChI=1S/C28H31FO4/c1-17(30)28(33-25(32)18-4-7-20(29)8-5-18)15-12-24-22-9-6-19-16-21(31)10-13-26(19,2)23(22)11-14-27(24,28)3/h4-9,16,22-24H,10-15H2,1-3H3/t22-,23+,24+,26+,27+,28+/m1/s1. The summed E-state index contributed by atoms with van der Waals surface area (Å²) in [6.45, 7) is 5.94. The maximum Gasteiger partial charge on any atom is 0.339 e. The van der Waals surface area contributed by atoms with Gasteiger partial charge in [-0.15, -0.1) is 0 Å². The number of Topliss-reactive ketones (excluding diaryl/α,β-unsaturated/α-hetero) is 1. The first-order chi connectivity index (χ1) is 15.6. The van der Waals surface area contributed by atoms with E-state index in [9.17, 15) is 18.8 Å². The molecule has 2 fully saturated rings. The van der Waals surface area contributed by atoms with Crippen LogP contribution in [0.2, 0.25) is 0 Å².